The van der Waals surface area contributed by atoms with Crippen LogP contribution in [0.1, 0.15) is 23.0 Å². The summed E-state index contributed by atoms with van der Waals surface area (Å²) in [4.78, 5) is 29.6. The standard InChI is InChI=1S/C20H21ClN2O4S2/c21-15-3-5-16(6-4-15)23-13-14(12-19(23)24)20(25)22-8-7-18(17-2-1-10-28-17)29(26,27)11-9-22/h1-6,10,14,18H,7-9,11-13H2. The highest BCUT2D eigenvalue weighted by Gasteiger charge is 2.39. The Balaban J connectivity index is 1.46. The molecule has 1 aromatic heterocycles. The van der Waals surface area contributed by atoms with E-state index in [4.69, 9.17) is 11.6 Å². The third-order valence-corrected chi connectivity index (χ3v) is 9.02. The second-order valence-electron chi connectivity index (χ2n) is 7.37. The van der Waals surface area contributed by atoms with Crippen LogP contribution < -0.4 is 4.90 Å². The fourth-order valence-corrected chi connectivity index (χ4v) is 7.09. The van der Waals surface area contributed by atoms with Gasteiger partial charge in [0.05, 0.1) is 16.9 Å². The normalized spacial score (nSPS) is 24.5. The van der Waals surface area contributed by atoms with E-state index in [1.807, 2.05) is 17.5 Å². The van der Waals surface area contributed by atoms with Gasteiger partial charge in [-0.15, -0.1) is 11.3 Å². The number of hydrogen-bond donors (Lipinski definition) is 0. The lowest BCUT2D eigenvalue weighted by molar-refractivity contribution is -0.135. The lowest BCUT2D eigenvalue weighted by Crippen LogP contribution is -2.39. The molecule has 0 radical (unpaired) electrons. The topological polar surface area (TPSA) is 74.8 Å². The molecule has 0 spiro atoms. The number of thiophene rings is 1. The van der Waals surface area contributed by atoms with Gasteiger partial charge in [0.2, 0.25) is 11.8 Å². The van der Waals surface area contributed by atoms with E-state index in [9.17, 15) is 18.0 Å². The third-order valence-electron chi connectivity index (χ3n) is 5.53. The number of sulfone groups is 1. The molecule has 2 amide bonds. The maximum absolute atomic E-state index is 13.1. The van der Waals surface area contributed by atoms with Crippen molar-refractivity contribution < 1.29 is 18.0 Å². The van der Waals surface area contributed by atoms with Crippen LogP contribution in [0.5, 0.6) is 0 Å². The van der Waals surface area contributed by atoms with E-state index < -0.39 is 21.0 Å². The predicted octanol–water partition coefficient (Wildman–Crippen LogP) is 3.14. The number of rotatable bonds is 3. The fraction of sp³-hybridized carbons (Fsp3) is 0.400. The van der Waals surface area contributed by atoms with Gasteiger partial charge in [-0.2, -0.15) is 0 Å². The maximum atomic E-state index is 13.1. The molecule has 2 unspecified atom stereocenters. The van der Waals surface area contributed by atoms with Gasteiger partial charge in [0.1, 0.15) is 0 Å². The Kier molecular flexibility index (Phi) is 5.68. The van der Waals surface area contributed by atoms with Crippen molar-refractivity contribution in [3.8, 4) is 0 Å². The van der Waals surface area contributed by atoms with Crippen LogP contribution in [0.2, 0.25) is 5.02 Å². The highest BCUT2D eigenvalue weighted by Crippen LogP contribution is 2.33. The summed E-state index contributed by atoms with van der Waals surface area (Å²) < 4.78 is 25.4. The molecule has 1 aromatic carbocycles. The molecular formula is C20H21ClN2O4S2. The first-order chi connectivity index (χ1) is 13.8. The van der Waals surface area contributed by atoms with E-state index >= 15 is 0 Å². The largest absolute Gasteiger partial charge is 0.341 e. The molecule has 9 heteroatoms. The van der Waals surface area contributed by atoms with Crippen LogP contribution in [0.4, 0.5) is 5.69 Å². The van der Waals surface area contributed by atoms with Crippen LogP contribution in [0, 0.1) is 5.92 Å². The molecule has 0 aliphatic carbocycles. The van der Waals surface area contributed by atoms with Crippen LogP contribution in [0.3, 0.4) is 0 Å². The molecule has 2 saturated heterocycles. The van der Waals surface area contributed by atoms with Gasteiger partial charge < -0.3 is 9.80 Å². The van der Waals surface area contributed by atoms with E-state index in [-0.39, 0.29) is 30.5 Å². The van der Waals surface area contributed by atoms with Crippen LogP contribution in [0.15, 0.2) is 41.8 Å². The summed E-state index contributed by atoms with van der Waals surface area (Å²) >= 11 is 7.34. The smallest absolute Gasteiger partial charge is 0.228 e. The number of amides is 2. The van der Waals surface area contributed by atoms with Crippen molar-refractivity contribution in [1.29, 1.82) is 0 Å². The minimum atomic E-state index is -3.31. The summed E-state index contributed by atoms with van der Waals surface area (Å²) in [5.41, 5.74) is 0.714. The van der Waals surface area contributed by atoms with Gasteiger partial charge in [0.25, 0.3) is 0 Å². The zero-order valence-electron chi connectivity index (χ0n) is 15.7. The molecule has 4 rings (SSSR count). The lowest BCUT2D eigenvalue weighted by atomic mass is 10.1. The van der Waals surface area contributed by atoms with Crippen molar-refractivity contribution in [3.05, 3.63) is 51.7 Å². The van der Waals surface area contributed by atoms with Crippen molar-refractivity contribution in [3.63, 3.8) is 0 Å². The molecule has 0 saturated carbocycles. The quantitative estimate of drug-likeness (QED) is 0.717. The molecule has 2 aromatic rings. The first kappa shape index (κ1) is 20.4. The molecule has 3 heterocycles. The number of halogens is 1. The minimum Gasteiger partial charge on any atom is -0.341 e. The zero-order valence-corrected chi connectivity index (χ0v) is 18.0. The monoisotopic (exact) mass is 452 g/mol. The van der Waals surface area contributed by atoms with Crippen molar-refractivity contribution in [1.82, 2.24) is 4.90 Å². The second-order valence-corrected chi connectivity index (χ2v) is 11.1. The van der Waals surface area contributed by atoms with E-state index in [0.717, 1.165) is 4.88 Å². The number of carbonyl (C=O) groups is 2. The zero-order chi connectivity index (χ0) is 20.6. The SMILES string of the molecule is O=C(C1CC(=O)N(c2ccc(Cl)cc2)C1)N1CCC(c2cccs2)S(=O)(=O)CC1. The van der Waals surface area contributed by atoms with E-state index in [0.29, 0.717) is 30.2 Å². The van der Waals surface area contributed by atoms with Gasteiger partial charge in [-0.1, -0.05) is 17.7 Å². The van der Waals surface area contributed by atoms with Gasteiger partial charge in [-0.3, -0.25) is 9.59 Å². The Bertz CT molecular complexity index is 1010. The van der Waals surface area contributed by atoms with Crippen LogP contribution in [-0.2, 0) is 19.4 Å². The summed E-state index contributed by atoms with van der Waals surface area (Å²) in [6, 6.07) is 10.6. The van der Waals surface area contributed by atoms with E-state index in [2.05, 4.69) is 0 Å². The van der Waals surface area contributed by atoms with Gasteiger partial charge >= 0.3 is 0 Å². The lowest BCUT2D eigenvalue weighted by Gasteiger charge is -2.23. The highest BCUT2D eigenvalue weighted by molar-refractivity contribution is 7.91. The van der Waals surface area contributed by atoms with Gasteiger partial charge in [-0.05, 0) is 42.1 Å². The minimum absolute atomic E-state index is 0.0527. The van der Waals surface area contributed by atoms with Crippen LogP contribution in [0.25, 0.3) is 0 Å². The summed E-state index contributed by atoms with van der Waals surface area (Å²) in [5, 5.41) is 1.89. The summed E-state index contributed by atoms with van der Waals surface area (Å²) in [6.07, 6.45) is 0.523. The number of hydrogen-bond acceptors (Lipinski definition) is 5. The Morgan fingerprint density at radius 3 is 2.59 bits per heavy atom. The van der Waals surface area contributed by atoms with Gasteiger partial charge in [-0.25, -0.2) is 8.42 Å². The third kappa shape index (κ3) is 4.20. The Hall–Kier alpha value is -1.90. The molecule has 2 fully saturated rings. The summed E-state index contributed by atoms with van der Waals surface area (Å²) in [5.74, 6) is -0.760. The van der Waals surface area contributed by atoms with E-state index in [1.54, 1.807) is 34.1 Å². The van der Waals surface area contributed by atoms with Crippen LogP contribution in [-0.4, -0.2) is 50.5 Å². The molecule has 29 heavy (non-hydrogen) atoms. The molecule has 154 valence electrons. The molecule has 2 aliphatic heterocycles. The molecule has 2 aliphatic rings. The molecule has 0 N–H and O–H groups in total. The number of anilines is 1. The Morgan fingerprint density at radius 2 is 1.90 bits per heavy atom. The van der Waals surface area contributed by atoms with Crippen molar-refractivity contribution in [2.75, 3.05) is 30.3 Å². The van der Waals surface area contributed by atoms with Crippen LogP contribution >= 0.6 is 22.9 Å². The average Bonchev–Trinajstić information content (AvgIpc) is 3.31. The van der Waals surface area contributed by atoms with Gasteiger partial charge in [0.15, 0.2) is 9.84 Å². The van der Waals surface area contributed by atoms with Crippen molar-refractivity contribution in [2.45, 2.75) is 18.1 Å². The number of benzene rings is 1. The van der Waals surface area contributed by atoms with Crippen molar-refractivity contribution in [2.24, 2.45) is 5.92 Å². The summed E-state index contributed by atoms with van der Waals surface area (Å²) in [6.45, 7) is 0.859. The molecule has 6 nitrogen and oxygen atoms in total. The first-order valence-electron chi connectivity index (χ1n) is 9.45. The summed E-state index contributed by atoms with van der Waals surface area (Å²) in [7, 11) is -3.31. The first-order valence-corrected chi connectivity index (χ1v) is 12.4. The fourth-order valence-electron chi connectivity index (χ4n) is 3.96. The second kappa shape index (κ2) is 8.08. The van der Waals surface area contributed by atoms with Crippen molar-refractivity contribution >= 4 is 50.3 Å². The van der Waals surface area contributed by atoms with Gasteiger partial charge in [0, 0.05) is 41.6 Å². The number of nitrogens with zero attached hydrogens (tertiary/aromatic N) is 2. The predicted molar refractivity (Wildman–Crippen MR) is 114 cm³/mol. The number of carbonyl (C=O) groups excluding carboxylic acids is 2. The Labute approximate surface area is 179 Å². The average molecular weight is 453 g/mol. The van der Waals surface area contributed by atoms with E-state index in [1.165, 1.54) is 11.3 Å². The molecular weight excluding hydrogens is 432 g/mol. The maximum Gasteiger partial charge on any atom is 0.228 e. The molecule has 2 atom stereocenters. The molecule has 0 bridgehead atoms. The Morgan fingerprint density at radius 1 is 1.14 bits per heavy atom. The highest BCUT2D eigenvalue weighted by atomic mass is 35.5.